The van der Waals surface area contributed by atoms with Crippen LogP contribution >= 0.6 is 0 Å². The number of alkyl halides is 5. The van der Waals surface area contributed by atoms with Gasteiger partial charge in [-0.2, -0.15) is 13.2 Å². The second-order valence-electron chi connectivity index (χ2n) is 5.32. The summed E-state index contributed by atoms with van der Waals surface area (Å²) in [5, 5.41) is 0. The van der Waals surface area contributed by atoms with Crippen molar-refractivity contribution in [2.24, 2.45) is 0 Å². The summed E-state index contributed by atoms with van der Waals surface area (Å²) in [5.74, 6) is -4.67. The van der Waals surface area contributed by atoms with Crippen molar-refractivity contribution in [2.45, 2.75) is 24.9 Å². The summed E-state index contributed by atoms with van der Waals surface area (Å²) in [6.45, 7) is 0. The van der Waals surface area contributed by atoms with Crippen LogP contribution in [0.5, 0.6) is 0 Å². The van der Waals surface area contributed by atoms with Crippen LogP contribution in [0, 0.1) is 5.82 Å². The average Bonchev–Trinajstić information content (AvgIpc) is 2.89. The van der Waals surface area contributed by atoms with Crippen molar-refractivity contribution in [3.63, 3.8) is 0 Å². The maximum absolute atomic E-state index is 13.8. The van der Waals surface area contributed by atoms with Crippen molar-refractivity contribution < 1.29 is 30.6 Å². The molecule has 0 atom stereocenters. The third-order valence-corrected chi connectivity index (χ3v) is 4.55. The van der Waals surface area contributed by atoms with Gasteiger partial charge in [0.05, 0.1) is 16.8 Å². The lowest BCUT2D eigenvalue weighted by molar-refractivity contribution is -0.140. The highest BCUT2D eigenvalue weighted by atomic mass is 32.1. The lowest BCUT2D eigenvalue weighted by Crippen LogP contribution is -2.35. The summed E-state index contributed by atoms with van der Waals surface area (Å²) < 4.78 is 91.7. The third kappa shape index (κ3) is 2.66. The number of halogens is 6. The number of hydrogen-bond acceptors (Lipinski definition) is 1. The van der Waals surface area contributed by atoms with Crippen LogP contribution in [0.4, 0.5) is 26.3 Å². The molecule has 0 aliphatic heterocycles. The van der Waals surface area contributed by atoms with Crippen molar-refractivity contribution in [3.05, 3.63) is 53.1 Å². The van der Waals surface area contributed by atoms with Gasteiger partial charge in [-0.15, -0.1) is 0 Å². The normalized spacial score (nSPS) is 16.8. The first kappa shape index (κ1) is 16.8. The van der Waals surface area contributed by atoms with Crippen LogP contribution in [0.25, 0.3) is 5.69 Å². The molecule has 0 N–H and O–H groups in total. The fourth-order valence-corrected chi connectivity index (χ4v) is 3.24. The van der Waals surface area contributed by atoms with Crippen LogP contribution in [-0.4, -0.2) is 19.6 Å². The van der Waals surface area contributed by atoms with Crippen LogP contribution in [0.2, 0.25) is 0 Å². The van der Waals surface area contributed by atoms with E-state index in [0.29, 0.717) is 17.8 Å². The van der Waals surface area contributed by atoms with Crippen LogP contribution < -0.4 is 0 Å². The monoisotopic (exact) mass is 365 g/mol. The third-order valence-electron chi connectivity index (χ3n) is 3.86. The first-order valence-corrected chi connectivity index (χ1v) is 7.52. The molecule has 9 heteroatoms. The molecule has 24 heavy (non-hydrogen) atoms. The first-order valence-electron chi connectivity index (χ1n) is 6.78. The Bertz CT molecular complexity index is 863. The molecule has 3 rings (SSSR count). The predicted molar refractivity (Wildman–Crippen MR) is 76.2 cm³/mol. The second kappa shape index (κ2) is 5.51. The highest BCUT2D eigenvalue weighted by molar-refractivity contribution is 7.67. The van der Waals surface area contributed by atoms with Crippen molar-refractivity contribution in [3.8, 4) is 5.69 Å². The van der Waals surface area contributed by atoms with E-state index in [4.69, 9.17) is 0 Å². The summed E-state index contributed by atoms with van der Waals surface area (Å²) in [7, 11) is 0. The quantitative estimate of drug-likeness (QED) is 0.554. The van der Waals surface area contributed by atoms with E-state index in [0.717, 1.165) is 6.07 Å². The number of aromatic nitrogens is 1. The van der Waals surface area contributed by atoms with Gasteiger partial charge in [-0.1, -0.05) is 0 Å². The molecule has 2 nitrogen and oxygen atoms in total. The number of benzene rings is 1. The van der Waals surface area contributed by atoms with Gasteiger partial charge < -0.3 is 4.57 Å². The zero-order valence-electron chi connectivity index (χ0n) is 11.8. The Morgan fingerprint density at radius 1 is 1.17 bits per heavy atom. The fraction of sp³-hybridized carbons (Fsp3) is 0.267. The Labute approximate surface area is 135 Å². The maximum Gasteiger partial charge on any atom is 0.419 e. The molecular weight excluding hydrogens is 356 g/mol. The van der Waals surface area contributed by atoms with Gasteiger partial charge in [0.25, 0.3) is 5.92 Å². The van der Waals surface area contributed by atoms with Gasteiger partial charge in [0.1, 0.15) is 10.7 Å². The maximum atomic E-state index is 13.8. The molecule has 0 saturated heterocycles. The van der Waals surface area contributed by atoms with Crippen LogP contribution in [0.3, 0.4) is 0 Å². The van der Waals surface area contributed by atoms with Crippen LogP contribution in [-0.2, 0) is 23.9 Å². The lowest BCUT2D eigenvalue weighted by atomic mass is 9.94. The molecular formula is C15H9F6NOS. The number of nitrogens with zero attached hydrogens (tertiary/aromatic N) is 1. The topological polar surface area (TPSA) is 22.0 Å². The van der Waals surface area contributed by atoms with Gasteiger partial charge in [-0.05, 0) is 30.7 Å². The van der Waals surface area contributed by atoms with Crippen LogP contribution in [0.1, 0.15) is 23.2 Å². The summed E-state index contributed by atoms with van der Waals surface area (Å²) in [4.78, 5) is -0.652. The SMILES string of the molecule is O=S=C1c2ccn(-c3ccc(F)c(C(F)(F)F)c3)c2CCC1(F)F. The van der Waals surface area contributed by atoms with Gasteiger partial charge in [0.2, 0.25) is 0 Å². The van der Waals surface area contributed by atoms with Crippen molar-refractivity contribution in [1.82, 2.24) is 4.57 Å². The Morgan fingerprint density at radius 3 is 2.50 bits per heavy atom. The molecule has 0 bridgehead atoms. The molecule has 1 aliphatic carbocycles. The molecule has 0 spiro atoms. The minimum Gasteiger partial charge on any atom is -0.320 e. The van der Waals surface area contributed by atoms with E-state index in [-0.39, 0.29) is 28.9 Å². The standard InChI is InChI=1S/C15H9F6NOS/c16-11-2-1-8(7-10(11)15(19,20)21)22-6-4-9-12(22)3-5-14(17,18)13(9)24-23/h1-2,4,6-7H,3,5H2. The summed E-state index contributed by atoms with van der Waals surface area (Å²) in [6, 6.07) is 3.68. The Balaban J connectivity index is 2.15. The summed E-state index contributed by atoms with van der Waals surface area (Å²) >= 11 is -0.323. The average molecular weight is 365 g/mol. The molecule has 1 aromatic carbocycles. The molecule has 0 fully saturated rings. The molecule has 1 aliphatic rings. The highest BCUT2D eigenvalue weighted by Gasteiger charge is 2.42. The Morgan fingerprint density at radius 2 is 1.88 bits per heavy atom. The zero-order valence-corrected chi connectivity index (χ0v) is 12.6. The van der Waals surface area contributed by atoms with Crippen molar-refractivity contribution >= 4 is 16.1 Å². The number of fused-ring (bicyclic) bond motifs is 1. The Kier molecular flexibility index (Phi) is 3.86. The smallest absolute Gasteiger partial charge is 0.320 e. The summed E-state index contributed by atoms with van der Waals surface area (Å²) in [5.41, 5.74) is -1.13. The molecule has 128 valence electrons. The van der Waals surface area contributed by atoms with Gasteiger partial charge in [0, 0.05) is 29.6 Å². The molecule has 0 unspecified atom stereocenters. The van der Waals surface area contributed by atoms with E-state index in [1.54, 1.807) is 0 Å². The molecule has 0 amide bonds. The lowest BCUT2D eigenvalue weighted by Gasteiger charge is -2.24. The predicted octanol–water partition coefficient (Wildman–Crippen LogP) is 3.95. The molecule has 1 aromatic heterocycles. The van der Waals surface area contributed by atoms with Crippen molar-refractivity contribution in [2.75, 3.05) is 0 Å². The minimum absolute atomic E-state index is 0.00885. The van der Waals surface area contributed by atoms with Crippen LogP contribution in [0.15, 0.2) is 30.5 Å². The van der Waals surface area contributed by atoms with E-state index in [2.05, 4.69) is 0 Å². The fourth-order valence-electron chi connectivity index (χ4n) is 2.74. The molecule has 1 heterocycles. The number of rotatable bonds is 1. The van der Waals surface area contributed by atoms with E-state index < -0.39 is 34.8 Å². The molecule has 0 radical (unpaired) electrons. The van der Waals surface area contributed by atoms with Crippen molar-refractivity contribution in [1.29, 1.82) is 0 Å². The van der Waals surface area contributed by atoms with E-state index >= 15 is 0 Å². The van der Waals surface area contributed by atoms with Gasteiger partial charge in [-0.3, -0.25) is 0 Å². The zero-order chi connectivity index (χ0) is 17.7. The van der Waals surface area contributed by atoms with E-state index in [9.17, 15) is 30.6 Å². The van der Waals surface area contributed by atoms with Gasteiger partial charge in [0.15, 0.2) is 0 Å². The van der Waals surface area contributed by atoms with Gasteiger partial charge in [-0.25, -0.2) is 17.4 Å². The van der Waals surface area contributed by atoms with E-state index in [1.807, 2.05) is 0 Å². The molecule has 2 aromatic rings. The minimum atomic E-state index is -4.87. The number of hydrogen-bond donors (Lipinski definition) is 0. The highest BCUT2D eigenvalue weighted by Crippen LogP contribution is 2.36. The molecule has 0 saturated carbocycles. The first-order chi connectivity index (χ1) is 11.1. The van der Waals surface area contributed by atoms with E-state index in [1.165, 1.54) is 16.8 Å². The second-order valence-corrected chi connectivity index (χ2v) is 5.90. The Hall–Kier alpha value is -2.03. The van der Waals surface area contributed by atoms with Gasteiger partial charge >= 0.3 is 6.18 Å². The summed E-state index contributed by atoms with van der Waals surface area (Å²) in [6.07, 6.45) is -4.29. The largest absolute Gasteiger partial charge is 0.419 e.